The Morgan fingerprint density at radius 3 is 2.68 bits per heavy atom. The highest BCUT2D eigenvalue weighted by molar-refractivity contribution is 9.10. The second kappa shape index (κ2) is 10.9. The van der Waals surface area contributed by atoms with Gasteiger partial charge in [0.25, 0.3) is 0 Å². The molecule has 1 aromatic heterocycles. The predicted octanol–water partition coefficient (Wildman–Crippen LogP) is 3.58. The fraction of sp³-hybridized carbons (Fsp3) is 0.238. The molecular weight excluding hydrogens is 508 g/mol. The summed E-state index contributed by atoms with van der Waals surface area (Å²) >= 11 is 3.45. The molecule has 2 heterocycles. The topological polar surface area (TPSA) is 140 Å². The van der Waals surface area contributed by atoms with E-state index in [1.807, 2.05) is 29.2 Å². The van der Waals surface area contributed by atoms with Gasteiger partial charge >= 0.3 is 5.69 Å². The van der Waals surface area contributed by atoms with Gasteiger partial charge in [-0.05, 0) is 24.3 Å². The summed E-state index contributed by atoms with van der Waals surface area (Å²) in [5.74, 6) is 1.12. The zero-order valence-electron chi connectivity index (χ0n) is 18.1. The first-order chi connectivity index (χ1) is 16.5. The van der Waals surface area contributed by atoms with Crippen LogP contribution in [0.4, 0.5) is 29.2 Å². The molecule has 3 aromatic rings. The molecule has 0 aliphatic carbocycles. The van der Waals surface area contributed by atoms with Crippen LogP contribution in [0.15, 0.2) is 52.0 Å². The first kappa shape index (κ1) is 23.3. The summed E-state index contributed by atoms with van der Waals surface area (Å²) in [6.07, 6.45) is 1.41. The van der Waals surface area contributed by atoms with Crippen molar-refractivity contribution in [2.75, 3.05) is 49.1 Å². The highest BCUT2D eigenvalue weighted by Crippen LogP contribution is 2.29. The summed E-state index contributed by atoms with van der Waals surface area (Å²) < 4.78 is 11.5. The zero-order valence-corrected chi connectivity index (χ0v) is 19.7. The Labute approximate surface area is 203 Å². The van der Waals surface area contributed by atoms with E-state index in [-0.39, 0.29) is 17.4 Å². The number of benzene rings is 2. The normalized spacial score (nSPS) is 13.6. The Bertz CT molecular complexity index is 1200. The lowest BCUT2D eigenvalue weighted by atomic mass is 10.2. The molecule has 34 heavy (non-hydrogen) atoms. The van der Waals surface area contributed by atoms with Crippen molar-refractivity contribution in [3.8, 4) is 5.75 Å². The van der Waals surface area contributed by atoms with Gasteiger partial charge in [0.05, 0.1) is 31.5 Å². The molecule has 1 fully saturated rings. The molecule has 1 aliphatic rings. The van der Waals surface area contributed by atoms with Gasteiger partial charge in [-0.2, -0.15) is 20.1 Å². The smallest absolute Gasteiger partial charge is 0.311 e. The number of aromatic nitrogens is 3. The van der Waals surface area contributed by atoms with Crippen molar-refractivity contribution >= 4 is 51.4 Å². The molecule has 0 radical (unpaired) electrons. The lowest BCUT2D eigenvalue weighted by Crippen LogP contribution is -2.37. The molecule has 0 spiro atoms. The minimum absolute atomic E-state index is 0.111. The van der Waals surface area contributed by atoms with E-state index in [1.165, 1.54) is 19.4 Å². The van der Waals surface area contributed by atoms with Crippen LogP contribution in [-0.4, -0.2) is 59.5 Å². The second-order valence-corrected chi connectivity index (χ2v) is 7.96. The molecule has 1 saturated heterocycles. The summed E-state index contributed by atoms with van der Waals surface area (Å²) in [7, 11) is 1.37. The number of para-hydroxylation sites is 1. The number of nitro groups is 1. The highest BCUT2D eigenvalue weighted by atomic mass is 79.9. The quantitative estimate of drug-likeness (QED) is 0.253. The number of anilines is 4. The van der Waals surface area contributed by atoms with Crippen molar-refractivity contribution in [2.45, 2.75) is 0 Å². The summed E-state index contributed by atoms with van der Waals surface area (Å²) in [4.78, 5) is 26.1. The van der Waals surface area contributed by atoms with Gasteiger partial charge in [0.1, 0.15) is 0 Å². The molecule has 0 bridgehead atoms. The van der Waals surface area contributed by atoms with E-state index < -0.39 is 4.92 Å². The standard InChI is InChI=1S/C21H21BrN8O4/c1-33-18-14(4-2-7-17(18)30(31)32)13-23-28-20-25-19(24-16-6-3-5-15(22)12-16)26-21(27-20)29-8-10-34-11-9-29/h2-7,12-13H,8-11H2,1H3,(H2,24,25,26,27,28)/b23-13-. The maximum absolute atomic E-state index is 11.2. The van der Waals surface area contributed by atoms with Gasteiger partial charge in [-0.1, -0.05) is 28.1 Å². The SMILES string of the molecule is COc1c(/C=N\Nc2nc(Nc3cccc(Br)c3)nc(N3CCOCC3)n2)cccc1[N+](=O)[O-]. The number of hydrogen-bond acceptors (Lipinski definition) is 11. The third-order valence-electron chi connectivity index (χ3n) is 4.79. The average Bonchev–Trinajstić information content (AvgIpc) is 2.84. The van der Waals surface area contributed by atoms with Crippen LogP contribution in [0.3, 0.4) is 0 Å². The Balaban J connectivity index is 1.60. The monoisotopic (exact) mass is 528 g/mol. The van der Waals surface area contributed by atoms with Gasteiger partial charge in [-0.3, -0.25) is 10.1 Å². The summed E-state index contributed by atoms with van der Waals surface area (Å²) in [5, 5.41) is 18.6. The van der Waals surface area contributed by atoms with Crippen molar-refractivity contribution in [2.24, 2.45) is 5.10 Å². The van der Waals surface area contributed by atoms with Gasteiger partial charge in [-0.25, -0.2) is 5.43 Å². The third-order valence-corrected chi connectivity index (χ3v) is 5.29. The van der Waals surface area contributed by atoms with E-state index in [1.54, 1.807) is 12.1 Å². The molecule has 4 rings (SSSR count). The van der Waals surface area contributed by atoms with Crippen LogP contribution in [0.1, 0.15) is 5.56 Å². The Morgan fingerprint density at radius 1 is 1.18 bits per heavy atom. The largest absolute Gasteiger partial charge is 0.490 e. The highest BCUT2D eigenvalue weighted by Gasteiger charge is 2.18. The molecule has 1 aliphatic heterocycles. The maximum atomic E-state index is 11.2. The van der Waals surface area contributed by atoms with Crippen molar-refractivity contribution in [1.82, 2.24) is 15.0 Å². The van der Waals surface area contributed by atoms with E-state index in [0.29, 0.717) is 43.8 Å². The lowest BCUT2D eigenvalue weighted by molar-refractivity contribution is -0.385. The number of halogens is 1. The lowest BCUT2D eigenvalue weighted by Gasteiger charge is -2.27. The van der Waals surface area contributed by atoms with Gasteiger partial charge in [0.15, 0.2) is 0 Å². The molecule has 0 saturated carbocycles. The van der Waals surface area contributed by atoms with Crippen molar-refractivity contribution in [3.63, 3.8) is 0 Å². The summed E-state index contributed by atoms with van der Waals surface area (Å²) in [6, 6.07) is 12.2. The molecule has 2 aromatic carbocycles. The van der Waals surface area contributed by atoms with E-state index in [2.05, 4.69) is 46.7 Å². The van der Waals surface area contributed by atoms with Crippen LogP contribution in [0.5, 0.6) is 5.75 Å². The average molecular weight is 529 g/mol. The van der Waals surface area contributed by atoms with Gasteiger partial charge in [0.2, 0.25) is 23.6 Å². The van der Waals surface area contributed by atoms with Gasteiger partial charge in [-0.15, -0.1) is 0 Å². The molecule has 0 atom stereocenters. The number of rotatable bonds is 8. The molecular formula is C21H21BrN8O4. The van der Waals surface area contributed by atoms with Crippen LogP contribution in [-0.2, 0) is 4.74 Å². The number of hydrogen-bond donors (Lipinski definition) is 2. The molecule has 176 valence electrons. The number of nitro benzene ring substituents is 1. The van der Waals surface area contributed by atoms with Crippen molar-refractivity contribution in [3.05, 3.63) is 62.6 Å². The van der Waals surface area contributed by atoms with E-state index >= 15 is 0 Å². The number of ether oxygens (including phenoxy) is 2. The van der Waals surface area contributed by atoms with Gasteiger partial charge < -0.3 is 19.7 Å². The molecule has 2 N–H and O–H groups in total. The van der Waals surface area contributed by atoms with Crippen LogP contribution in [0.2, 0.25) is 0 Å². The number of methoxy groups -OCH3 is 1. The van der Waals surface area contributed by atoms with Crippen LogP contribution in [0, 0.1) is 10.1 Å². The fourth-order valence-corrected chi connectivity index (χ4v) is 3.64. The predicted molar refractivity (Wildman–Crippen MR) is 131 cm³/mol. The van der Waals surface area contributed by atoms with Crippen molar-refractivity contribution < 1.29 is 14.4 Å². The van der Waals surface area contributed by atoms with E-state index in [9.17, 15) is 10.1 Å². The maximum Gasteiger partial charge on any atom is 0.311 e. The molecule has 13 heteroatoms. The number of hydrazone groups is 1. The minimum Gasteiger partial charge on any atom is -0.490 e. The van der Waals surface area contributed by atoms with Crippen LogP contribution < -0.4 is 20.4 Å². The van der Waals surface area contributed by atoms with E-state index in [4.69, 9.17) is 9.47 Å². The number of nitrogens with zero attached hydrogens (tertiary/aromatic N) is 6. The Kier molecular flexibility index (Phi) is 7.44. The molecule has 0 unspecified atom stereocenters. The fourth-order valence-electron chi connectivity index (χ4n) is 3.24. The number of morpholine rings is 1. The number of nitrogens with one attached hydrogen (secondary N) is 2. The third kappa shape index (κ3) is 5.74. The second-order valence-electron chi connectivity index (χ2n) is 7.04. The van der Waals surface area contributed by atoms with E-state index in [0.717, 1.165) is 10.2 Å². The Morgan fingerprint density at radius 2 is 1.94 bits per heavy atom. The van der Waals surface area contributed by atoms with Gasteiger partial charge in [0, 0.05) is 34.9 Å². The minimum atomic E-state index is -0.510. The zero-order chi connectivity index (χ0) is 23.9. The van der Waals surface area contributed by atoms with Crippen LogP contribution in [0.25, 0.3) is 0 Å². The first-order valence-corrected chi connectivity index (χ1v) is 11.0. The summed E-state index contributed by atoms with van der Waals surface area (Å²) in [5.41, 5.74) is 3.86. The molecule has 12 nitrogen and oxygen atoms in total. The van der Waals surface area contributed by atoms with Crippen LogP contribution >= 0.6 is 15.9 Å². The first-order valence-electron chi connectivity index (χ1n) is 10.3. The molecule has 0 amide bonds. The van der Waals surface area contributed by atoms with Crippen molar-refractivity contribution in [1.29, 1.82) is 0 Å². The Hall–Kier alpha value is -3.84. The summed E-state index contributed by atoms with van der Waals surface area (Å²) in [6.45, 7) is 2.45.